The van der Waals surface area contributed by atoms with Crippen molar-refractivity contribution in [1.29, 1.82) is 0 Å². The number of nitrogens with zero attached hydrogens (tertiary/aromatic N) is 1. The second-order valence-electron chi connectivity index (χ2n) is 6.95. The van der Waals surface area contributed by atoms with Crippen LogP contribution in [0.3, 0.4) is 0 Å². The summed E-state index contributed by atoms with van der Waals surface area (Å²) >= 11 is 0. The summed E-state index contributed by atoms with van der Waals surface area (Å²) in [6.45, 7) is 3.58. The Labute approximate surface area is 170 Å². The number of ether oxygens (including phenoxy) is 3. The van der Waals surface area contributed by atoms with E-state index in [1.165, 1.54) is 6.08 Å². The molecule has 1 amide bonds. The summed E-state index contributed by atoms with van der Waals surface area (Å²) in [7, 11) is 3.11. The first-order chi connectivity index (χ1) is 13.9. The third-order valence-corrected chi connectivity index (χ3v) is 4.87. The van der Waals surface area contributed by atoms with Gasteiger partial charge in [-0.3, -0.25) is 4.79 Å². The molecule has 0 saturated carbocycles. The van der Waals surface area contributed by atoms with E-state index in [1.54, 1.807) is 50.3 Å². The van der Waals surface area contributed by atoms with Crippen LogP contribution in [0.1, 0.15) is 25.0 Å². The molecule has 152 valence electrons. The topological polar surface area (TPSA) is 65.1 Å². The van der Waals surface area contributed by atoms with Crippen molar-refractivity contribution >= 4 is 23.6 Å². The highest BCUT2D eigenvalue weighted by Gasteiger charge is 2.34. The van der Waals surface area contributed by atoms with Crippen molar-refractivity contribution in [2.45, 2.75) is 32.4 Å². The molecule has 0 spiro atoms. The van der Waals surface area contributed by atoms with Gasteiger partial charge in [-0.15, -0.1) is 0 Å². The molecule has 1 aliphatic heterocycles. The van der Waals surface area contributed by atoms with Gasteiger partial charge in [0.1, 0.15) is 11.5 Å². The van der Waals surface area contributed by atoms with Gasteiger partial charge in [-0.25, -0.2) is 4.79 Å². The number of benzene rings is 2. The Balaban J connectivity index is 1.66. The van der Waals surface area contributed by atoms with E-state index in [-0.39, 0.29) is 11.9 Å². The van der Waals surface area contributed by atoms with Crippen LogP contribution in [0.4, 0.5) is 5.69 Å². The molecule has 0 aromatic heterocycles. The zero-order valence-electron chi connectivity index (χ0n) is 17.0. The maximum atomic E-state index is 12.9. The van der Waals surface area contributed by atoms with E-state index in [1.807, 2.05) is 31.2 Å². The number of hydrogen-bond donors (Lipinski definition) is 0. The summed E-state index contributed by atoms with van der Waals surface area (Å²) in [6.07, 6.45) is 2.79. The fourth-order valence-electron chi connectivity index (χ4n) is 3.45. The normalized spacial score (nSPS) is 16.4. The number of para-hydroxylation sites is 1. The highest BCUT2D eigenvalue weighted by atomic mass is 16.5. The molecule has 2 aromatic rings. The Kier molecular flexibility index (Phi) is 6.22. The molecule has 0 fully saturated rings. The summed E-state index contributed by atoms with van der Waals surface area (Å²) in [4.78, 5) is 26.8. The second-order valence-corrected chi connectivity index (χ2v) is 6.95. The molecular weight excluding hydrogens is 370 g/mol. The Morgan fingerprint density at radius 2 is 1.76 bits per heavy atom. The quantitative estimate of drug-likeness (QED) is 0.552. The number of esters is 1. The molecule has 0 radical (unpaired) electrons. The minimum absolute atomic E-state index is 0.0286. The van der Waals surface area contributed by atoms with Crippen molar-refractivity contribution in [1.82, 2.24) is 0 Å². The number of hydrogen-bond acceptors (Lipinski definition) is 5. The van der Waals surface area contributed by atoms with Crippen molar-refractivity contribution in [2.24, 2.45) is 0 Å². The molecule has 0 N–H and O–H groups in total. The lowest BCUT2D eigenvalue weighted by molar-refractivity contribution is -0.149. The van der Waals surface area contributed by atoms with Crippen LogP contribution in [0.15, 0.2) is 48.5 Å². The van der Waals surface area contributed by atoms with E-state index in [0.29, 0.717) is 11.5 Å². The molecule has 0 unspecified atom stereocenters. The molecule has 0 saturated heterocycles. The molecule has 6 nitrogen and oxygen atoms in total. The molecule has 6 heteroatoms. The highest BCUT2D eigenvalue weighted by Crippen LogP contribution is 2.32. The molecule has 1 heterocycles. The largest absolute Gasteiger partial charge is 0.497 e. The highest BCUT2D eigenvalue weighted by molar-refractivity contribution is 6.00. The average molecular weight is 395 g/mol. The maximum absolute atomic E-state index is 12.9. The van der Waals surface area contributed by atoms with Gasteiger partial charge in [0.2, 0.25) is 0 Å². The van der Waals surface area contributed by atoms with Gasteiger partial charge < -0.3 is 19.1 Å². The Bertz CT molecular complexity index is 914. The van der Waals surface area contributed by atoms with Gasteiger partial charge in [0.05, 0.1) is 14.2 Å². The lowest BCUT2D eigenvalue weighted by Crippen LogP contribution is -2.43. The molecule has 29 heavy (non-hydrogen) atoms. The van der Waals surface area contributed by atoms with Gasteiger partial charge >= 0.3 is 5.97 Å². The van der Waals surface area contributed by atoms with Crippen LogP contribution in [0.25, 0.3) is 6.08 Å². The van der Waals surface area contributed by atoms with Gasteiger partial charge in [-0.1, -0.05) is 18.2 Å². The van der Waals surface area contributed by atoms with Crippen LogP contribution in [-0.2, 0) is 20.7 Å². The first-order valence-electron chi connectivity index (χ1n) is 9.45. The van der Waals surface area contributed by atoms with E-state index < -0.39 is 12.1 Å². The van der Waals surface area contributed by atoms with Gasteiger partial charge in [0, 0.05) is 23.9 Å². The van der Waals surface area contributed by atoms with E-state index in [2.05, 4.69) is 0 Å². The first kappa shape index (κ1) is 20.5. The van der Waals surface area contributed by atoms with Crippen LogP contribution in [0, 0.1) is 0 Å². The van der Waals surface area contributed by atoms with Gasteiger partial charge in [0.25, 0.3) is 5.91 Å². The van der Waals surface area contributed by atoms with E-state index in [9.17, 15) is 9.59 Å². The van der Waals surface area contributed by atoms with Crippen molar-refractivity contribution in [3.8, 4) is 11.5 Å². The lowest BCUT2D eigenvalue weighted by Gasteiger charge is -2.25. The number of carbonyl (C=O) groups excluding carboxylic acids is 2. The fraction of sp³-hybridized carbons (Fsp3) is 0.304. The molecule has 2 atom stereocenters. The molecule has 0 aliphatic carbocycles. The first-order valence-corrected chi connectivity index (χ1v) is 9.45. The number of anilines is 1. The molecular formula is C23H25NO5. The maximum Gasteiger partial charge on any atom is 0.331 e. The molecule has 0 bridgehead atoms. The fourth-order valence-corrected chi connectivity index (χ4v) is 3.45. The number of fused-ring (bicyclic) bond motifs is 1. The van der Waals surface area contributed by atoms with Crippen LogP contribution in [0.2, 0.25) is 0 Å². The Morgan fingerprint density at radius 1 is 1.10 bits per heavy atom. The van der Waals surface area contributed by atoms with E-state index in [0.717, 1.165) is 23.2 Å². The molecule has 3 rings (SSSR count). The van der Waals surface area contributed by atoms with Crippen LogP contribution >= 0.6 is 0 Å². The molecule has 2 aromatic carbocycles. The number of methoxy groups -OCH3 is 2. The third-order valence-electron chi connectivity index (χ3n) is 4.87. The average Bonchev–Trinajstić information content (AvgIpc) is 3.06. The minimum Gasteiger partial charge on any atom is -0.497 e. The van der Waals surface area contributed by atoms with Crippen molar-refractivity contribution in [2.75, 3.05) is 19.1 Å². The van der Waals surface area contributed by atoms with E-state index >= 15 is 0 Å². The van der Waals surface area contributed by atoms with Gasteiger partial charge in [-0.2, -0.15) is 0 Å². The predicted molar refractivity (Wildman–Crippen MR) is 111 cm³/mol. The van der Waals surface area contributed by atoms with Gasteiger partial charge in [-0.05, 0) is 55.7 Å². The molecule has 1 aliphatic rings. The third kappa shape index (κ3) is 4.59. The zero-order valence-corrected chi connectivity index (χ0v) is 17.0. The predicted octanol–water partition coefficient (Wildman–Crippen LogP) is 3.63. The van der Waals surface area contributed by atoms with Crippen molar-refractivity contribution in [3.05, 3.63) is 59.7 Å². The SMILES string of the molecule is COc1cc(/C=C/C(=O)O[C@H](C)C(=O)N2c3ccccc3C[C@H]2C)cc(OC)c1. The van der Waals surface area contributed by atoms with Crippen molar-refractivity contribution in [3.63, 3.8) is 0 Å². The number of carbonyl (C=O) groups is 2. The van der Waals surface area contributed by atoms with Crippen LogP contribution in [0.5, 0.6) is 11.5 Å². The number of rotatable bonds is 6. The zero-order chi connectivity index (χ0) is 21.0. The van der Waals surface area contributed by atoms with Crippen LogP contribution in [-0.4, -0.2) is 38.2 Å². The second kappa shape index (κ2) is 8.82. The lowest BCUT2D eigenvalue weighted by atomic mass is 10.1. The summed E-state index contributed by atoms with van der Waals surface area (Å²) < 4.78 is 15.8. The van der Waals surface area contributed by atoms with Crippen LogP contribution < -0.4 is 14.4 Å². The summed E-state index contributed by atoms with van der Waals surface area (Å²) in [5.74, 6) is 0.408. The summed E-state index contributed by atoms with van der Waals surface area (Å²) in [5, 5.41) is 0. The monoisotopic (exact) mass is 395 g/mol. The standard InChI is InChI=1S/C23H25NO5/c1-15-11-18-7-5-6-8-21(18)24(15)23(26)16(2)29-22(25)10-9-17-12-19(27-3)14-20(13-17)28-4/h5-10,12-16H,11H2,1-4H3/b10-9+/t15-,16-/m1/s1. The van der Waals surface area contributed by atoms with E-state index in [4.69, 9.17) is 14.2 Å². The summed E-state index contributed by atoms with van der Waals surface area (Å²) in [6, 6.07) is 13.1. The van der Waals surface area contributed by atoms with Gasteiger partial charge in [0.15, 0.2) is 6.10 Å². The smallest absolute Gasteiger partial charge is 0.331 e. The summed E-state index contributed by atoms with van der Waals surface area (Å²) in [5.41, 5.74) is 2.73. The Morgan fingerprint density at radius 3 is 2.41 bits per heavy atom. The van der Waals surface area contributed by atoms with Crippen molar-refractivity contribution < 1.29 is 23.8 Å². The minimum atomic E-state index is -0.888. The Hall–Kier alpha value is -3.28. The number of amides is 1.